The normalized spacial score (nSPS) is 20.3. The van der Waals surface area contributed by atoms with Crippen molar-refractivity contribution < 1.29 is 9.63 Å². The largest absolute Gasteiger partial charge is 0.433 e. The first-order valence-electron chi connectivity index (χ1n) is 2.99. The third-order valence-electron chi connectivity index (χ3n) is 0.969. The summed E-state index contributed by atoms with van der Waals surface area (Å²) in [6.07, 6.45) is -0.519. The smallest absolute Gasteiger partial charge is 0.323 e. The Morgan fingerprint density at radius 1 is 1.82 bits per heavy atom. The van der Waals surface area contributed by atoms with E-state index in [1.54, 1.807) is 23.5 Å². The van der Waals surface area contributed by atoms with Gasteiger partial charge in [-0.1, -0.05) is 16.9 Å². The summed E-state index contributed by atoms with van der Waals surface area (Å²) in [5.41, 5.74) is 0. The Bertz CT molecular complexity index is 175. The zero-order chi connectivity index (χ0) is 8.10. The first-order valence-corrected chi connectivity index (χ1v) is 5.13. The van der Waals surface area contributed by atoms with Crippen molar-refractivity contribution in [3.8, 4) is 0 Å². The number of thioether (sulfide) groups is 2. The Labute approximate surface area is 73.1 Å². The first-order chi connectivity index (χ1) is 5.33. The standard InChI is InChI=1S/C5H8N2O2S2/c1-6-5(8)9-7-4-2-10-3-11-4/h2-3H2,1H3,(H,6,8)/b7-4-. The highest BCUT2D eigenvalue weighted by Gasteiger charge is 2.10. The zero-order valence-electron chi connectivity index (χ0n) is 5.99. The molecule has 1 saturated heterocycles. The van der Waals surface area contributed by atoms with E-state index < -0.39 is 6.09 Å². The number of hydrogen-bond acceptors (Lipinski definition) is 5. The van der Waals surface area contributed by atoms with E-state index in [0.29, 0.717) is 0 Å². The molecule has 0 aromatic rings. The Kier molecular flexibility index (Phi) is 3.58. The molecule has 1 aliphatic heterocycles. The molecule has 1 heterocycles. The molecule has 0 saturated carbocycles. The summed E-state index contributed by atoms with van der Waals surface area (Å²) in [6, 6.07) is 0. The van der Waals surface area contributed by atoms with Crippen LogP contribution in [0.2, 0.25) is 0 Å². The Morgan fingerprint density at radius 2 is 2.64 bits per heavy atom. The van der Waals surface area contributed by atoms with Crippen molar-refractivity contribution in [2.24, 2.45) is 5.16 Å². The van der Waals surface area contributed by atoms with E-state index in [9.17, 15) is 4.79 Å². The molecule has 1 N–H and O–H groups in total. The van der Waals surface area contributed by atoms with E-state index in [2.05, 4.69) is 15.3 Å². The maximum absolute atomic E-state index is 10.5. The van der Waals surface area contributed by atoms with Crippen LogP contribution in [0, 0.1) is 0 Å². The average Bonchev–Trinajstić information content (AvgIpc) is 2.52. The van der Waals surface area contributed by atoms with Gasteiger partial charge in [0.2, 0.25) is 0 Å². The molecule has 0 radical (unpaired) electrons. The maximum atomic E-state index is 10.5. The van der Waals surface area contributed by atoms with Crippen LogP contribution in [0.15, 0.2) is 5.16 Å². The summed E-state index contributed by atoms with van der Waals surface area (Å²) in [5.74, 6) is 0.849. The van der Waals surface area contributed by atoms with E-state index in [1.807, 2.05) is 0 Å². The third kappa shape index (κ3) is 3.02. The monoisotopic (exact) mass is 192 g/mol. The van der Waals surface area contributed by atoms with Crippen LogP contribution in [-0.4, -0.2) is 29.0 Å². The zero-order valence-corrected chi connectivity index (χ0v) is 7.63. The lowest BCUT2D eigenvalue weighted by Gasteiger charge is -1.94. The van der Waals surface area contributed by atoms with Gasteiger partial charge >= 0.3 is 6.09 Å². The van der Waals surface area contributed by atoms with Crippen LogP contribution in [0.1, 0.15) is 0 Å². The van der Waals surface area contributed by atoms with E-state index in [0.717, 1.165) is 15.9 Å². The van der Waals surface area contributed by atoms with Gasteiger partial charge in [-0.25, -0.2) is 4.79 Å². The van der Waals surface area contributed by atoms with Gasteiger partial charge in [-0.3, -0.25) is 4.84 Å². The van der Waals surface area contributed by atoms with E-state index in [1.165, 1.54) is 7.05 Å². The predicted molar refractivity (Wildman–Crippen MR) is 47.9 cm³/mol. The molecule has 0 bridgehead atoms. The summed E-state index contributed by atoms with van der Waals surface area (Å²) >= 11 is 3.36. The summed E-state index contributed by atoms with van der Waals surface area (Å²) in [7, 11) is 1.50. The van der Waals surface area contributed by atoms with Crippen molar-refractivity contribution in [1.82, 2.24) is 5.32 Å². The number of rotatable bonds is 1. The fourth-order valence-corrected chi connectivity index (χ4v) is 2.58. The molecule has 6 heteroatoms. The molecule has 0 aromatic heterocycles. The van der Waals surface area contributed by atoms with E-state index in [4.69, 9.17) is 0 Å². The Balaban J connectivity index is 2.28. The van der Waals surface area contributed by atoms with Gasteiger partial charge in [-0.2, -0.15) is 0 Å². The molecular weight excluding hydrogens is 184 g/mol. The molecule has 0 aromatic carbocycles. The highest BCUT2D eigenvalue weighted by molar-refractivity contribution is 8.29. The maximum Gasteiger partial charge on any atom is 0.433 e. The minimum Gasteiger partial charge on any atom is -0.323 e. The van der Waals surface area contributed by atoms with E-state index in [-0.39, 0.29) is 0 Å². The molecule has 0 aliphatic carbocycles. The second-order valence-electron chi connectivity index (χ2n) is 1.72. The van der Waals surface area contributed by atoms with E-state index >= 15 is 0 Å². The minimum atomic E-state index is -0.519. The second-order valence-corrected chi connectivity index (χ2v) is 4.12. The first kappa shape index (κ1) is 8.73. The van der Waals surface area contributed by atoms with Crippen molar-refractivity contribution in [1.29, 1.82) is 0 Å². The molecule has 1 aliphatic rings. The van der Waals surface area contributed by atoms with Crippen molar-refractivity contribution in [3.63, 3.8) is 0 Å². The summed E-state index contributed by atoms with van der Waals surface area (Å²) in [6.45, 7) is 0. The lowest BCUT2D eigenvalue weighted by Crippen LogP contribution is -2.17. The predicted octanol–water partition coefficient (Wildman–Crippen LogP) is 1.09. The summed E-state index contributed by atoms with van der Waals surface area (Å²) in [4.78, 5) is 15.0. The summed E-state index contributed by atoms with van der Waals surface area (Å²) < 4.78 is 0. The SMILES string of the molecule is CNC(=O)O/N=C1/CSCS1. The molecule has 0 atom stereocenters. The van der Waals surface area contributed by atoms with Gasteiger partial charge in [0.05, 0.1) is 0 Å². The third-order valence-corrected chi connectivity index (χ3v) is 3.32. The second kappa shape index (κ2) is 4.50. The highest BCUT2D eigenvalue weighted by Crippen LogP contribution is 2.24. The Morgan fingerprint density at radius 3 is 3.18 bits per heavy atom. The van der Waals surface area contributed by atoms with Gasteiger partial charge in [-0.15, -0.1) is 11.8 Å². The summed E-state index contributed by atoms with van der Waals surface area (Å²) in [5, 5.41) is 7.81. The Hall–Kier alpha value is -0.360. The van der Waals surface area contributed by atoms with Crippen molar-refractivity contribution in [3.05, 3.63) is 0 Å². The van der Waals surface area contributed by atoms with Crippen LogP contribution in [0.5, 0.6) is 0 Å². The number of hydrogen-bond donors (Lipinski definition) is 1. The fraction of sp³-hybridized carbons (Fsp3) is 0.600. The molecule has 62 valence electrons. The number of nitrogens with zero attached hydrogens (tertiary/aromatic N) is 1. The topological polar surface area (TPSA) is 50.7 Å². The molecule has 11 heavy (non-hydrogen) atoms. The van der Waals surface area contributed by atoms with Crippen LogP contribution >= 0.6 is 23.5 Å². The quantitative estimate of drug-likeness (QED) is 0.499. The molecule has 0 unspecified atom stereocenters. The van der Waals surface area contributed by atoms with Gasteiger partial charge in [-0.05, 0) is 0 Å². The number of carbonyl (C=O) groups excluding carboxylic acids is 1. The van der Waals surface area contributed by atoms with Crippen LogP contribution in [0.25, 0.3) is 0 Å². The highest BCUT2D eigenvalue weighted by atomic mass is 32.2. The lowest BCUT2D eigenvalue weighted by molar-refractivity contribution is 0.153. The molecule has 4 nitrogen and oxygen atoms in total. The number of oxime groups is 1. The molecule has 1 fully saturated rings. The molecule has 0 spiro atoms. The van der Waals surface area contributed by atoms with Gasteiger partial charge < -0.3 is 5.32 Å². The van der Waals surface area contributed by atoms with Crippen LogP contribution in [-0.2, 0) is 4.84 Å². The van der Waals surface area contributed by atoms with Crippen LogP contribution in [0.3, 0.4) is 0 Å². The fourth-order valence-electron chi connectivity index (χ4n) is 0.471. The van der Waals surface area contributed by atoms with Crippen LogP contribution in [0.4, 0.5) is 4.79 Å². The van der Waals surface area contributed by atoms with Crippen LogP contribution < -0.4 is 5.32 Å². The average molecular weight is 192 g/mol. The van der Waals surface area contributed by atoms with Gasteiger partial charge in [0.25, 0.3) is 0 Å². The minimum absolute atomic E-state index is 0.519. The van der Waals surface area contributed by atoms with Gasteiger partial charge in [0.15, 0.2) is 0 Å². The van der Waals surface area contributed by atoms with Gasteiger partial charge in [0, 0.05) is 17.9 Å². The molecule has 1 rings (SSSR count). The van der Waals surface area contributed by atoms with Crippen molar-refractivity contribution in [2.45, 2.75) is 0 Å². The number of carbonyl (C=O) groups is 1. The lowest BCUT2D eigenvalue weighted by atomic mass is 10.9. The number of nitrogens with one attached hydrogen (secondary N) is 1. The van der Waals surface area contributed by atoms with Crippen molar-refractivity contribution in [2.75, 3.05) is 17.9 Å². The molecular formula is C5H8N2O2S2. The van der Waals surface area contributed by atoms with Crippen molar-refractivity contribution >= 4 is 34.7 Å². The number of amides is 1. The molecule has 1 amide bonds. The van der Waals surface area contributed by atoms with Gasteiger partial charge in [0.1, 0.15) is 5.04 Å².